The van der Waals surface area contributed by atoms with Crippen LogP contribution in [0.15, 0.2) is 12.1 Å². The van der Waals surface area contributed by atoms with Gasteiger partial charge in [-0.05, 0) is 44.5 Å². The minimum Gasteiger partial charge on any atom is -0.480 e. The fourth-order valence-corrected chi connectivity index (χ4v) is 4.48. The molecule has 0 amide bonds. The number of nitrogens with two attached hydrogens (primary N) is 1. The summed E-state index contributed by atoms with van der Waals surface area (Å²) in [7, 11) is 0. The molecule has 3 heterocycles. The van der Waals surface area contributed by atoms with E-state index in [-0.39, 0.29) is 0 Å². The largest absolute Gasteiger partial charge is 0.480 e. The molecule has 2 aliphatic rings. The second-order valence-corrected chi connectivity index (χ2v) is 7.88. The number of piperidine rings is 1. The van der Waals surface area contributed by atoms with Crippen molar-refractivity contribution in [3.63, 3.8) is 0 Å². The van der Waals surface area contributed by atoms with Crippen LogP contribution in [0.3, 0.4) is 0 Å². The van der Waals surface area contributed by atoms with E-state index in [1.165, 1.54) is 42.1 Å². The Morgan fingerprint density at radius 2 is 1.77 bits per heavy atom. The van der Waals surface area contributed by atoms with Crippen molar-refractivity contribution >= 4 is 17.3 Å². The highest BCUT2D eigenvalue weighted by Crippen LogP contribution is 2.25. The smallest absolute Gasteiger partial charge is 0.325 e. The van der Waals surface area contributed by atoms with Gasteiger partial charge in [-0.2, -0.15) is 0 Å². The van der Waals surface area contributed by atoms with Crippen molar-refractivity contribution in [2.45, 2.75) is 44.3 Å². The van der Waals surface area contributed by atoms with Crippen LogP contribution in [0.1, 0.15) is 35.4 Å². The van der Waals surface area contributed by atoms with Crippen LogP contribution in [0.2, 0.25) is 0 Å². The normalized spacial score (nSPS) is 27.3. The molecule has 3 N–H and O–H groups in total. The molecule has 5 nitrogen and oxygen atoms in total. The van der Waals surface area contributed by atoms with E-state index in [0.717, 1.165) is 19.6 Å². The molecule has 3 rings (SSSR count). The SMILES string of the molecule is NC1(C(=O)O)CCN(Cc2ccc(CN3CCCCC3)s2)C1. The fraction of sp³-hybridized carbons (Fsp3) is 0.688. The highest BCUT2D eigenvalue weighted by molar-refractivity contribution is 7.11. The molecule has 0 spiro atoms. The van der Waals surface area contributed by atoms with Gasteiger partial charge in [-0.3, -0.25) is 14.6 Å². The van der Waals surface area contributed by atoms with Crippen molar-refractivity contribution in [3.05, 3.63) is 21.9 Å². The molecular weight excluding hydrogens is 298 g/mol. The lowest BCUT2D eigenvalue weighted by Crippen LogP contribution is -2.49. The lowest BCUT2D eigenvalue weighted by molar-refractivity contribution is -0.142. The van der Waals surface area contributed by atoms with Crippen molar-refractivity contribution < 1.29 is 9.90 Å². The maximum Gasteiger partial charge on any atom is 0.325 e. The molecule has 1 aromatic heterocycles. The maximum absolute atomic E-state index is 11.2. The first kappa shape index (κ1) is 15.9. The van der Waals surface area contributed by atoms with Gasteiger partial charge in [-0.1, -0.05) is 6.42 Å². The Balaban J connectivity index is 1.53. The Bertz CT molecular complexity index is 527. The predicted octanol–water partition coefficient (Wildman–Crippen LogP) is 1.72. The number of aliphatic carboxylic acids is 1. The Morgan fingerprint density at radius 3 is 2.36 bits per heavy atom. The van der Waals surface area contributed by atoms with Crippen LogP contribution in [0, 0.1) is 0 Å². The van der Waals surface area contributed by atoms with Crippen LogP contribution in [-0.4, -0.2) is 52.6 Å². The Kier molecular flexibility index (Phi) is 4.82. The van der Waals surface area contributed by atoms with E-state index in [2.05, 4.69) is 21.9 Å². The van der Waals surface area contributed by atoms with Crippen LogP contribution >= 0.6 is 11.3 Å². The van der Waals surface area contributed by atoms with Crippen molar-refractivity contribution in [1.29, 1.82) is 0 Å². The summed E-state index contributed by atoms with van der Waals surface area (Å²) in [6, 6.07) is 4.40. The van der Waals surface area contributed by atoms with Crippen LogP contribution in [0.4, 0.5) is 0 Å². The van der Waals surface area contributed by atoms with Crippen molar-refractivity contribution in [2.75, 3.05) is 26.2 Å². The van der Waals surface area contributed by atoms with Gasteiger partial charge in [0.15, 0.2) is 0 Å². The van der Waals surface area contributed by atoms with Gasteiger partial charge >= 0.3 is 5.97 Å². The summed E-state index contributed by atoms with van der Waals surface area (Å²) in [5, 5.41) is 9.19. The van der Waals surface area contributed by atoms with Gasteiger partial charge in [-0.25, -0.2) is 0 Å². The molecule has 1 atom stereocenters. The topological polar surface area (TPSA) is 69.8 Å². The molecule has 0 bridgehead atoms. The lowest BCUT2D eigenvalue weighted by atomic mass is 10.0. The summed E-state index contributed by atoms with van der Waals surface area (Å²) < 4.78 is 0. The first-order valence-corrected chi connectivity index (χ1v) is 8.91. The van der Waals surface area contributed by atoms with E-state index >= 15 is 0 Å². The maximum atomic E-state index is 11.2. The number of thiophene rings is 1. The summed E-state index contributed by atoms with van der Waals surface area (Å²) in [5.41, 5.74) is 4.87. The van der Waals surface area contributed by atoms with Crippen LogP contribution in [0.25, 0.3) is 0 Å². The molecule has 0 aromatic carbocycles. The minimum atomic E-state index is -1.06. The molecule has 2 aliphatic heterocycles. The molecule has 2 fully saturated rings. The Hall–Kier alpha value is -0.950. The van der Waals surface area contributed by atoms with Crippen molar-refractivity contribution in [1.82, 2.24) is 9.80 Å². The number of carboxylic acids is 1. The summed E-state index contributed by atoms with van der Waals surface area (Å²) in [4.78, 5) is 18.6. The van der Waals surface area contributed by atoms with Gasteiger partial charge in [0.25, 0.3) is 0 Å². The average Bonchev–Trinajstić information content (AvgIpc) is 3.08. The van der Waals surface area contributed by atoms with Gasteiger partial charge in [-0.15, -0.1) is 11.3 Å². The van der Waals surface area contributed by atoms with Gasteiger partial charge in [0.2, 0.25) is 0 Å². The highest BCUT2D eigenvalue weighted by atomic mass is 32.1. The van der Waals surface area contributed by atoms with E-state index in [9.17, 15) is 9.90 Å². The number of nitrogens with zero attached hydrogens (tertiary/aromatic N) is 2. The third-order valence-corrected chi connectivity index (χ3v) is 5.79. The number of likely N-dealkylation sites (tertiary alicyclic amines) is 2. The summed E-state index contributed by atoms with van der Waals surface area (Å²) in [6.45, 7) is 5.52. The highest BCUT2D eigenvalue weighted by Gasteiger charge is 2.41. The molecule has 0 aliphatic carbocycles. The van der Waals surface area contributed by atoms with Gasteiger partial charge in [0, 0.05) is 35.9 Å². The second-order valence-electron chi connectivity index (χ2n) is 6.63. The van der Waals surface area contributed by atoms with Gasteiger partial charge in [0.05, 0.1) is 0 Å². The van der Waals surface area contributed by atoms with Crippen LogP contribution in [0.5, 0.6) is 0 Å². The zero-order valence-corrected chi connectivity index (χ0v) is 13.8. The minimum absolute atomic E-state index is 0.446. The first-order chi connectivity index (χ1) is 10.5. The third-order valence-electron chi connectivity index (χ3n) is 4.73. The zero-order chi connectivity index (χ0) is 15.6. The first-order valence-electron chi connectivity index (χ1n) is 8.10. The molecule has 6 heteroatoms. The van der Waals surface area contributed by atoms with Crippen molar-refractivity contribution in [3.8, 4) is 0 Å². The van der Waals surface area contributed by atoms with Gasteiger partial charge in [0.1, 0.15) is 5.54 Å². The second kappa shape index (κ2) is 6.66. The Morgan fingerprint density at radius 1 is 1.14 bits per heavy atom. The number of rotatable bonds is 5. The monoisotopic (exact) mass is 323 g/mol. The number of hydrogen-bond acceptors (Lipinski definition) is 5. The molecule has 1 unspecified atom stereocenters. The standard InChI is InChI=1S/C16H25N3O2S/c17-16(15(20)21)6-9-19(12-16)11-14-5-4-13(22-14)10-18-7-2-1-3-8-18/h4-5H,1-3,6-12,17H2,(H,20,21). The molecule has 22 heavy (non-hydrogen) atoms. The van der Waals surface area contributed by atoms with Crippen molar-refractivity contribution in [2.24, 2.45) is 5.73 Å². The summed E-state index contributed by atoms with van der Waals surface area (Å²) >= 11 is 1.85. The Labute approximate surface area is 135 Å². The molecule has 2 saturated heterocycles. The van der Waals surface area contributed by atoms with E-state index in [0.29, 0.717) is 13.0 Å². The van der Waals surface area contributed by atoms with E-state index in [1.807, 2.05) is 11.3 Å². The number of carboxylic acid groups (broad SMARTS) is 1. The predicted molar refractivity (Wildman–Crippen MR) is 87.9 cm³/mol. The molecule has 122 valence electrons. The van der Waals surface area contributed by atoms with E-state index in [4.69, 9.17) is 5.73 Å². The van der Waals surface area contributed by atoms with E-state index in [1.54, 1.807) is 0 Å². The average molecular weight is 323 g/mol. The molecule has 0 radical (unpaired) electrons. The summed E-state index contributed by atoms with van der Waals surface area (Å²) in [6.07, 6.45) is 4.54. The van der Waals surface area contributed by atoms with E-state index < -0.39 is 11.5 Å². The number of carbonyl (C=O) groups is 1. The lowest BCUT2D eigenvalue weighted by Gasteiger charge is -2.25. The quantitative estimate of drug-likeness (QED) is 0.863. The third kappa shape index (κ3) is 3.68. The molecular formula is C16H25N3O2S. The molecule has 1 aromatic rings. The zero-order valence-electron chi connectivity index (χ0n) is 13.0. The number of hydrogen-bond donors (Lipinski definition) is 2. The summed E-state index contributed by atoms with van der Waals surface area (Å²) in [5.74, 6) is -0.882. The van der Waals surface area contributed by atoms with Crippen LogP contribution in [-0.2, 0) is 17.9 Å². The van der Waals surface area contributed by atoms with Crippen LogP contribution < -0.4 is 5.73 Å². The van der Waals surface area contributed by atoms with Gasteiger partial charge < -0.3 is 10.8 Å². The fourth-order valence-electron chi connectivity index (χ4n) is 3.37. The molecule has 0 saturated carbocycles.